The number of amides is 1. The monoisotopic (exact) mass is 367 g/mol. The van der Waals surface area contributed by atoms with Crippen molar-refractivity contribution in [3.8, 4) is 17.2 Å². The van der Waals surface area contributed by atoms with Gasteiger partial charge in [0.2, 0.25) is 5.91 Å². The molecule has 1 aliphatic heterocycles. The first-order valence-electron chi connectivity index (χ1n) is 9.52. The SMILES string of the molecule is COc1ccccc1CNC(=O)CC(c1ccc2c(c1)OCCO2)C1CC1. The molecule has 1 aliphatic carbocycles. The molecular formula is C22H25NO4. The molecule has 2 aromatic rings. The topological polar surface area (TPSA) is 56.8 Å². The summed E-state index contributed by atoms with van der Waals surface area (Å²) < 4.78 is 16.7. The molecule has 0 saturated heterocycles. The van der Waals surface area contributed by atoms with Crippen LogP contribution in [-0.2, 0) is 11.3 Å². The molecule has 142 valence electrons. The Morgan fingerprint density at radius 1 is 1.15 bits per heavy atom. The van der Waals surface area contributed by atoms with E-state index in [4.69, 9.17) is 14.2 Å². The lowest BCUT2D eigenvalue weighted by atomic mass is 9.90. The largest absolute Gasteiger partial charge is 0.496 e. The van der Waals surface area contributed by atoms with Crippen molar-refractivity contribution >= 4 is 5.91 Å². The molecule has 1 N–H and O–H groups in total. The molecule has 5 nitrogen and oxygen atoms in total. The molecule has 1 atom stereocenters. The molecule has 4 rings (SSSR count). The number of fused-ring (bicyclic) bond motifs is 1. The van der Waals surface area contributed by atoms with Gasteiger partial charge in [-0.1, -0.05) is 24.3 Å². The highest BCUT2D eigenvalue weighted by atomic mass is 16.6. The van der Waals surface area contributed by atoms with Gasteiger partial charge in [-0.3, -0.25) is 4.79 Å². The number of methoxy groups -OCH3 is 1. The van der Waals surface area contributed by atoms with Crippen molar-refractivity contribution in [1.82, 2.24) is 5.32 Å². The van der Waals surface area contributed by atoms with Crippen LogP contribution in [0.4, 0.5) is 0 Å². The van der Waals surface area contributed by atoms with Gasteiger partial charge in [0.15, 0.2) is 11.5 Å². The van der Waals surface area contributed by atoms with Crippen LogP contribution in [0, 0.1) is 5.92 Å². The molecule has 0 aromatic heterocycles. The van der Waals surface area contributed by atoms with Crippen LogP contribution in [0.25, 0.3) is 0 Å². The molecule has 5 heteroatoms. The Kier molecular flexibility index (Phi) is 5.19. The van der Waals surface area contributed by atoms with E-state index in [0.717, 1.165) is 28.4 Å². The van der Waals surface area contributed by atoms with E-state index < -0.39 is 0 Å². The first-order chi connectivity index (χ1) is 13.2. The second-order valence-electron chi connectivity index (χ2n) is 7.14. The van der Waals surface area contributed by atoms with Crippen molar-refractivity contribution < 1.29 is 19.0 Å². The number of carbonyl (C=O) groups is 1. The number of carbonyl (C=O) groups excluding carboxylic acids is 1. The van der Waals surface area contributed by atoms with Gasteiger partial charge in [0.05, 0.1) is 7.11 Å². The molecule has 1 unspecified atom stereocenters. The van der Waals surface area contributed by atoms with Crippen molar-refractivity contribution in [3.63, 3.8) is 0 Å². The summed E-state index contributed by atoms with van der Waals surface area (Å²) in [5.41, 5.74) is 2.14. The molecule has 27 heavy (non-hydrogen) atoms. The number of rotatable bonds is 7. The first kappa shape index (κ1) is 17.7. The third-order valence-electron chi connectivity index (χ3n) is 5.26. The molecule has 0 bridgehead atoms. The van der Waals surface area contributed by atoms with Gasteiger partial charge in [0.25, 0.3) is 0 Å². The van der Waals surface area contributed by atoms with E-state index in [1.54, 1.807) is 7.11 Å². The number of para-hydroxylation sites is 1. The summed E-state index contributed by atoms with van der Waals surface area (Å²) in [6.07, 6.45) is 2.84. The lowest BCUT2D eigenvalue weighted by Crippen LogP contribution is -2.25. The van der Waals surface area contributed by atoms with Crippen LogP contribution in [0.5, 0.6) is 17.2 Å². The molecular weight excluding hydrogens is 342 g/mol. The Bertz CT molecular complexity index is 816. The fourth-order valence-electron chi connectivity index (χ4n) is 3.66. The van der Waals surface area contributed by atoms with Crippen LogP contribution in [0.15, 0.2) is 42.5 Å². The Morgan fingerprint density at radius 2 is 1.93 bits per heavy atom. The quantitative estimate of drug-likeness (QED) is 0.811. The maximum atomic E-state index is 12.6. The van der Waals surface area contributed by atoms with Crippen molar-refractivity contribution in [2.24, 2.45) is 5.92 Å². The summed E-state index contributed by atoms with van der Waals surface area (Å²) in [7, 11) is 1.64. The van der Waals surface area contributed by atoms with Crippen LogP contribution in [-0.4, -0.2) is 26.2 Å². The van der Waals surface area contributed by atoms with E-state index >= 15 is 0 Å². The van der Waals surface area contributed by atoms with E-state index in [2.05, 4.69) is 11.4 Å². The number of ether oxygens (including phenoxy) is 3. The van der Waals surface area contributed by atoms with Gasteiger partial charge < -0.3 is 19.5 Å². The second kappa shape index (κ2) is 7.91. The Hall–Kier alpha value is -2.69. The minimum absolute atomic E-state index is 0.0627. The molecule has 0 spiro atoms. The third-order valence-corrected chi connectivity index (χ3v) is 5.26. The third kappa shape index (κ3) is 4.18. The highest BCUT2D eigenvalue weighted by molar-refractivity contribution is 5.77. The zero-order valence-corrected chi connectivity index (χ0v) is 15.6. The van der Waals surface area contributed by atoms with Gasteiger partial charge in [-0.2, -0.15) is 0 Å². The fourth-order valence-corrected chi connectivity index (χ4v) is 3.66. The zero-order chi connectivity index (χ0) is 18.6. The number of nitrogens with one attached hydrogen (secondary N) is 1. The Morgan fingerprint density at radius 3 is 2.70 bits per heavy atom. The predicted molar refractivity (Wildman–Crippen MR) is 102 cm³/mol. The van der Waals surface area contributed by atoms with E-state index in [9.17, 15) is 4.79 Å². The van der Waals surface area contributed by atoms with E-state index in [-0.39, 0.29) is 11.8 Å². The van der Waals surface area contributed by atoms with Crippen LogP contribution in [0.2, 0.25) is 0 Å². The minimum Gasteiger partial charge on any atom is -0.496 e. The summed E-state index contributed by atoms with van der Waals surface area (Å²) in [5.74, 6) is 3.23. The van der Waals surface area contributed by atoms with Crippen molar-refractivity contribution in [3.05, 3.63) is 53.6 Å². The van der Waals surface area contributed by atoms with Crippen molar-refractivity contribution in [2.75, 3.05) is 20.3 Å². The van der Waals surface area contributed by atoms with E-state index in [1.807, 2.05) is 36.4 Å². The van der Waals surface area contributed by atoms with Gasteiger partial charge in [-0.15, -0.1) is 0 Å². The average molecular weight is 367 g/mol. The van der Waals surface area contributed by atoms with Gasteiger partial charge in [0.1, 0.15) is 19.0 Å². The van der Waals surface area contributed by atoms with Gasteiger partial charge in [0, 0.05) is 18.5 Å². The molecule has 1 heterocycles. The first-order valence-corrected chi connectivity index (χ1v) is 9.52. The van der Waals surface area contributed by atoms with Crippen LogP contribution in [0.3, 0.4) is 0 Å². The maximum absolute atomic E-state index is 12.6. The van der Waals surface area contributed by atoms with Crippen molar-refractivity contribution in [1.29, 1.82) is 0 Å². The average Bonchev–Trinajstić information content (AvgIpc) is 3.55. The van der Waals surface area contributed by atoms with E-state index in [0.29, 0.717) is 32.1 Å². The molecule has 0 radical (unpaired) electrons. The predicted octanol–water partition coefficient (Wildman–Crippen LogP) is 3.67. The number of hydrogen-bond acceptors (Lipinski definition) is 4. The highest BCUT2D eigenvalue weighted by Gasteiger charge is 2.34. The van der Waals surface area contributed by atoms with Gasteiger partial charge >= 0.3 is 0 Å². The van der Waals surface area contributed by atoms with Gasteiger partial charge in [-0.05, 0) is 48.4 Å². The smallest absolute Gasteiger partial charge is 0.220 e. The second-order valence-corrected chi connectivity index (χ2v) is 7.14. The molecule has 2 aliphatic rings. The standard InChI is InChI=1S/C22H25NO4/c1-25-19-5-3-2-4-17(19)14-23-22(24)13-18(15-6-7-15)16-8-9-20-21(12-16)27-11-10-26-20/h2-5,8-9,12,15,18H,6-7,10-11,13-14H2,1H3,(H,23,24). The van der Waals surface area contributed by atoms with Crippen LogP contribution >= 0.6 is 0 Å². The van der Waals surface area contributed by atoms with Gasteiger partial charge in [-0.25, -0.2) is 0 Å². The lowest BCUT2D eigenvalue weighted by Gasteiger charge is -2.22. The Labute approximate surface area is 159 Å². The molecule has 1 fully saturated rings. The normalized spacial score (nSPS) is 16.5. The summed E-state index contributed by atoms with van der Waals surface area (Å²) in [6, 6.07) is 13.8. The fraction of sp³-hybridized carbons (Fsp3) is 0.409. The summed E-state index contributed by atoms with van der Waals surface area (Å²) in [5, 5.41) is 3.04. The van der Waals surface area contributed by atoms with Crippen LogP contribution < -0.4 is 19.5 Å². The molecule has 1 saturated carbocycles. The molecule has 2 aromatic carbocycles. The summed E-state index contributed by atoms with van der Waals surface area (Å²) >= 11 is 0. The minimum atomic E-state index is 0.0627. The summed E-state index contributed by atoms with van der Waals surface area (Å²) in [6.45, 7) is 1.63. The van der Waals surface area contributed by atoms with Crippen LogP contribution in [0.1, 0.15) is 36.3 Å². The lowest BCUT2D eigenvalue weighted by molar-refractivity contribution is -0.121. The molecule has 1 amide bonds. The van der Waals surface area contributed by atoms with Crippen molar-refractivity contribution in [2.45, 2.75) is 31.7 Å². The highest BCUT2D eigenvalue weighted by Crippen LogP contribution is 2.46. The van der Waals surface area contributed by atoms with E-state index in [1.165, 1.54) is 12.8 Å². The Balaban J connectivity index is 1.42. The maximum Gasteiger partial charge on any atom is 0.220 e. The number of hydrogen-bond donors (Lipinski definition) is 1. The number of benzene rings is 2. The summed E-state index contributed by atoms with van der Waals surface area (Å²) in [4.78, 5) is 12.6. The zero-order valence-electron chi connectivity index (χ0n) is 15.6.